The minimum absolute atomic E-state index is 0.944. The predicted molar refractivity (Wildman–Crippen MR) is 181 cm³/mol. The van der Waals surface area contributed by atoms with Gasteiger partial charge in [-0.15, -0.1) is 11.3 Å². The van der Waals surface area contributed by atoms with Crippen LogP contribution in [0.2, 0.25) is 0 Å². The van der Waals surface area contributed by atoms with Gasteiger partial charge in [0, 0.05) is 29.1 Å². The number of fused-ring (bicyclic) bond motifs is 1. The van der Waals surface area contributed by atoms with Gasteiger partial charge in [-0.1, -0.05) is 72.8 Å². The number of pyridine rings is 2. The maximum absolute atomic E-state index is 5.01. The Morgan fingerprint density at radius 1 is 0.465 bits per heavy atom. The number of hydrogen-bond donors (Lipinski definition) is 0. The molecule has 0 saturated heterocycles. The average molecular weight is 566 g/mol. The molecular formula is C39H23N3S. The second kappa shape index (κ2) is 9.55. The normalized spacial score (nSPS) is 11.7. The van der Waals surface area contributed by atoms with Crippen LogP contribution in [0.15, 0.2) is 140 Å². The molecule has 3 nitrogen and oxygen atoms in total. The summed E-state index contributed by atoms with van der Waals surface area (Å²) in [6, 6.07) is 45.3. The highest BCUT2D eigenvalue weighted by atomic mass is 32.1. The third-order valence-electron chi connectivity index (χ3n) is 8.35. The molecule has 0 amide bonds. The van der Waals surface area contributed by atoms with Crippen LogP contribution < -0.4 is 0 Å². The van der Waals surface area contributed by atoms with Crippen LogP contribution in [0.4, 0.5) is 0 Å². The van der Waals surface area contributed by atoms with Crippen LogP contribution in [-0.4, -0.2) is 15.0 Å². The molecule has 3 aromatic heterocycles. The van der Waals surface area contributed by atoms with Crippen LogP contribution in [0.25, 0.3) is 86.7 Å². The molecule has 0 saturated carbocycles. The molecule has 6 aromatic carbocycles. The summed E-state index contributed by atoms with van der Waals surface area (Å²) in [5, 5.41) is 8.60. The lowest BCUT2D eigenvalue weighted by molar-refractivity contribution is 1.31. The van der Waals surface area contributed by atoms with E-state index in [1.54, 1.807) is 11.3 Å². The highest BCUT2D eigenvalue weighted by Crippen LogP contribution is 2.44. The quantitative estimate of drug-likeness (QED) is 0.199. The summed E-state index contributed by atoms with van der Waals surface area (Å²) in [5.74, 6) is 0. The van der Waals surface area contributed by atoms with Gasteiger partial charge in [-0.25, -0.2) is 4.98 Å². The van der Waals surface area contributed by atoms with Crippen LogP contribution in [0.5, 0.6) is 0 Å². The molecular weight excluding hydrogens is 543 g/mol. The zero-order chi connectivity index (χ0) is 28.3. The smallest absolute Gasteiger partial charge is 0.125 e. The summed E-state index contributed by atoms with van der Waals surface area (Å²) in [5.41, 5.74) is 8.61. The first-order valence-corrected chi connectivity index (χ1v) is 15.2. The first-order valence-electron chi connectivity index (χ1n) is 14.3. The van der Waals surface area contributed by atoms with Crippen molar-refractivity contribution >= 4 is 53.9 Å². The lowest BCUT2D eigenvalue weighted by Gasteiger charge is -2.17. The van der Waals surface area contributed by atoms with Gasteiger partial charge in [0.1, 0.15) is 5.01 Å². The van der Waals surface area contributed by atoms with E-state index in [2.05, 4.69) is 113 Å². The van der Waals surface area contributed by atoms with E-state index in [1.165, 1.54) is 48.1 Å². The maximum Gasteiger partial charge on any atom is 0.125 e. The molecule has 0 unspecified atom stereocenters. The Hall–Kier alpha value is -5.45. The van der Waals surface area contributed by atoms with Crippen molar-refractivity contribution in [3.63, 3.8) is 0 Å². The Morgan fingerprint density at radius 3 is 1.65 bits per heavy atom. The monoisotopic (exact) mass is 565 g/mol. The lowest BCUT2D eigenvalue weighted by atomic mass is 9.87. The lowest BCUT2D eigenvalue weighted by Crippen LogP contribution is -1.91. The maximum atomic E-state index is 5.01. The minimum Gasteiger partial charge on any atom is -0.256 e. The Labute approximate surface area is 252 Å². The fourth-order valence-corrected chi connectivity index (χ4v) is 7.38. The third-order valence-corrected chi connectivity index (χ3v) is 9.42. The first-order chi connectivity index (χ1) is 21.3. The fraction of sp³-hybridized carbons (Fsp3) is 0. The summed E-state index contributed by atoms with van der Waals surface area (Å²) in [6.45, 7) is 0. The van der Waals surface area contributed by atoms with Gasteiger partial charge in [0.05, 0.1) is 21.6 Å². The zero-order valence-corrected chi connectivity index (χ0v) is 23.8. The molecule has 0 atom stereocenters. The summed E-state index contributed by atoms with van der Waals surface area (Å²) in [7, 11) is 0. The van der Waals surface area contributed by atoms with Crippen molar-refractivity contribution in [3.8, 4) is 44.2 Å². The van der Waals surface area contributed by atoms with Crippen molar-refractivity contribution in [2.75, 3.05) is 0 Å². The topological polar surface area (TPSA) is 38.7 Å². The van der Waals surface area contributed by atoms with Crippen LogP contribution in [-0.2, 0) is 0 Å². The average Bonchev–Trinajstić information content (AvgIpc) is 3.52. The molecule has 0 spiro atoms. The van der Waals surface area contributed by atoms with E-state index in [9.17, 15) is 0 Å². The molecule has 0 bridgehead atoms. The summed E-state index contributed by atoms with van der Waals surface area (Å²) >= 11 is 1.76. The van der Waals surface area contributed by atoms with Gasteiger partial charge in [0.15, 0.2) is 0 Å². The number of para-hydroxylation sites is 1. The van der Waals surface area contributed by atoms with Gasteiger partial charge >= 0.3 is 0 Å². The Bertz CT molecular complexity index is 2360. The van der Waals surface area contributed by atoms with E-state index >= 15 is 0 Å². The van der Waals surface area contributed by atoms with Gasteiger partial charge < -0.3 is 0 Å². The van der Waals surface area contributed by atoms with Crippen LogP contribution in [0.1, 0.15) is 0 Å². The zero-order valence-electron chi connectivity index (χ0n) is 23.0. The molecule has 0 aliphatic heterocycles. The standard InChI is InChI=1S/C39H23N3S/c1-2-10-36-35(9-1)42-39(43-36)32-18-14-25-12-16-30-29(15-11-24-13-17-31(32)38(25)37(24)30)26-21-27(33-7-3-5-19-40-33)23-28(22-26)34-8-4-6-20-41-34/h1-23H. The van der Waals surface area contributed by atoms with E-state index in [0.717, 1.165) is 38.6 Å². The van der Waals surface area contributed by atoms with Crippen molar-refractivity contribution in [2.24, 2.45) is 0 Å². The molecule has 0 aliphatic carbocycles. The highest BCUT2D eigenvalue weighted by molar-refractivity contribution is 7.21. The molecule has 4 heteroatoms. The second-order valence-electron chi connectivity index (χ2n) is 10.9. The SMILES string of the molecule is c1ccc(-c2cc(-c3ccccn3)cc(-c3ccc4ccc5c(-c6nc7ccccc7s6)ccc6ccc3c4c65)c2)nc1. The van der Waals surface area contributed by atoms with E-state index < -0.39 is 0 Å². The van der Waals surface area contributed by atoms with Crippen molar-refractivity contribution in [1.29, 1.82) is 0 Å². The van der Waals surface area contributed by atoms with Crippen molar-refractivity contribution < 1.29 is 0 Å². The fourth-order valence-electron chi connectivity index (χ4n) is 6.37. The van der Waals surface area contributed by atoms with Gasteiger partial charge in [-0.05, 0) is 98.0 Å². The van der Waals surface area contributed by atoms with E-state index in [0.29, 0.717) is 0 Å². The van der Waals surface area contributed by atoms with Gasteiger partial charge in [0.25, 0.3) is 0 Å². The molecule has 200 valence electrons. The summed E-state index contributed by atoms with van der Waals surface area (Å²) < 4.78 is 1.21. The molecule has 0 aliphatic rings. The number of rotatable bonds is 4. The predicted octanol–water partition coefficient (Wildman–Crippen LogP) is 10.7. The van der Waals surface area contributed by atoms with Crippen LogP contribution in [0.3, 0.4) is 0 Å². The Balaban J connectivity index is 1.31. The third kappa shape index (κ3) is 3.92. The number of benzene rings is 6. The molecule has 0 fully saturated rings. The van der Waals surface area contributed by atoms with E-state index in [-0.39, 0.29) is 0 Å². The molecule has 0 N–H and O–H groups in total. The molecule has 3 heterocycles. The second-order valence-corrected chi connectivity index (χ2v) is 11.9. The van der Waals surface area contributed by atoms with E-state index in [1.807, 2.05) is 36.7 Å². The first kappa shape index (κ1) is 24.2. The largest absolute Gasteiger partial charge is 0.256 e. The van der Waals surface area contributed by atoms with Crippen molar-refractivity contribution in [2.45, 2.75) is 0 Å². The summed E-state index contributed by atoms with van der Waals surface area (Å²) in [6.07, 6.45) is 3.70. The summed E-state index contributed by atoms with van der Waals surface area (Å²) in [4.78, 5) is 14.4. The van der Waals surface area contributed by atoms with E-state index in [4.69, 9.17) is 4.98 Å². The van der Waals surface area contributed by atoms with Crippen LogP contribution in [0, 0.1) is 0 Å². The number of aromatic nitrogens is 3. The van der Waals surface area contributed by atoms with Gasteiger partial charge in [-0.3, -0.25) is 9.97 Å². The van der Waals surface area contributed by atoms with Crippen molar-refractivity contribution in [3.05, 3.63) is 140 Å². The Morgan fingerprint density at radius 2 is 1.02 bits per heavy atom. The molecule has 9 aromatic rings. The number of thiazole rings is 1. The van der Waals surface area contributed by atoms with Gasteiger partial charge in [-0.2, -0.15) is 0 Å². The number of nitrogens with zero attached hydrogens (tertiary/aromatic N) is 3. The molecule has 0 radical (unpaired) electrons. The van der Waals surface area contributed by atoms with Crippen LogP contribution >= 0.6 is 11.3 Å². The number of hydrogen-bond acceptors (Lipinski definition) is 4. The molecule has 9 rings (SSSR count). The molecule has 43 heavy (non-hydrogen) atoms. The van der Waals surface area contributed by atoms with Crippen molar-refractivity contribution in [1.82, 2.24) is 15.0 Å². The highest BCUT2D eigenvalue weighted by Gasteiger charge is 2.17. The Kier molecular flexibility index (Phi) is 5.37. The van der Waals surface area contributed by atoms with Gasteiger partial charge in [0.2, 0.25) is 0 Å². The minimum atomic E-state index is 0.944.